The van der Waals surface area contributed by atoms with E-state index in [-0.39, 0.29) is 6.10 Å². The van der Waals surface area contributed by atoms with Crippen LogP contribution in [0, 0.1) is 0 Å². The number of alkyl halides is 2. The average molecular weight is 258 g/mol. The van der Waals surface area contributed by atoms with E-state index in [1.807, 2.05) is 0 Å². The van der Waals surface area contributed by atoms with Crippen molar-refractivity contribution in [2.24, 2.45) is 0 Å². The second kappa shape index (κ2) is 3.36. The van der Waals surface area contributed by atoms with Gasteiger partial charge in [-0.3, -0.25) is 0 Å². The van der Waals surface area contributed by atoms with E-state index >= 15 is 0 Å². The molecule has 1 fully saturated rings. The van der Waals surface area contributed by atoms with Gasteiger partial charge in [-0.1, -0.05) is 22.6 Å². The highest BCUT2D eigenvalue weighted by atomic mass is 127. The second-order valence-corrected chi connectivity index (χ2v) is 3.35. The second-order valence-electron chi connectivity index (χ2n) is 2.47. The molecule has 1 N–H and O–H groups in total. The summed E-state index contributed by atoms with van der Waals surface area (Å²) in [5.41, 5.74) is 0. The van der Waals surface area contributed by atoms with E-state index in [0.717, 1.165) is 0 Å². The number of halogens is 2. The summed E-state index contributed by atoms with van der Waals surface area (Å²) in [5.74, 6) is 0. The highest BCUT2D eigenvalue weighted by Gasteiger charge is 2.40. The van der Waals surface area contributed by atoms with Crippen LogP contribution in [-0.4, -0.2) is 41.8 Å². The van der Waals surface area contributed by atoms with Crippen LogP contribution in [0.4, 0.5) is 4.39 Å². The van der Waals surface area contributed by atoms with Crippen molar-refractivity contribution in [1.29, 1.82) is 0 Å². The molecule has 0 aliphatic carbocycles. The smallest absolute Gasteiger partial charge is 0.147 e. The molecular weight excluding hydrogens is 249 g/mol. The maximum absolute atomic E-state index is 12.8. The Hall–Kier alpha value is 0.645. The molecule has 0 aromatic heterocycles. The lowest BCUT2D eigenvalue weighted by atomic mass is 9.94. The van der Waals surface area contributed by atoms with Crippen molar-refractivity contribution >= 4 is 30.4 Å². The van der Waals surface area contributed by atoms with Crippen LogP contribution in [0.5, 0.6) is 0 Å². The molecule has 1 aliphatic heterocycles. The molecule has 1 saturated heterocycles. The average Bonchev–Trinajstić information content (AvgIpc) is 2.17. The molecule has 0 saturated carbocycles. The first-order valence-corrected chi connectivity index (χ1v) is 4.73. The van der Waals surface area contributed by atoms with Crippen molar-refractivity contribution < 1.29 is 14.2 Å². The molecule has 2 nitrogen and oxygen atoms in total. The summed E-state index contributed by atoms with van der Waals surface area (Å²) in [6.45, 7) is 0. The van der Waals surface area contributed by atoms with E-state index in [1.165, 1.54) is 0 Å². The molecular formula is C5H9BFIO2. The fourth-order valence-corrected chi connectivity index (χ4v) is 1.77. The fraction of sp³-hybridized carbons (Fsp3) is 1.00. The van der Waals surface area contributed by atoms with Crippen LogP contribution in [-0.2, 0) is 4.74 Å². The van der Waals surface area contributed by atoms with Crippen LogP contribution in [0.1, 0.15) is 0 Å². The molecule has 0 aromatic carbocycles. The Morgan fingerprint density at radius 2 is 2.30 bits per heavy atom. The summed E-state index contributed by atoms with van der Waals surface area (Å²) in [5, 5.41) is 9.12. The van der Waals surface area contributed by atoms with Crippen LogP contribution in [0.25, 0.3) is 0 Å². The Morgan fingerprint density at radius 1 is 1.70 bits per heavy atom. The van der Waals surface area contributed by atoms with Gasteiger partial charge in [0.1, 0.15) is 20.1 Å². The zero-order valence-corrected chi connectivity index (χ0v) is 7.79. The molecule has 0 spiro atoms. The molecule has 0 amide bonds. The molecule has 1 heterocycles. The maximum Gasteiger partial charge on any atom is 0.147 e. The minimum atomic E-state index is -1.21. The van der Waals surface area contributed by atoms with Crippen molar-refractivity contribution in [3.8, 4) is 0 Å². The van der Waals surface area contributed by atoms with Gasteiger partial charge in [0.25, 0.3) is 0 Å². The summed E-state index contributed by atoms with van der Waals surface area (Å²) in [6.07, 6.45) is -2.45. The predicted octanol–water partition coefficient (Wildman–Crippen LogP) is -0.522. The lowest BCUT2D eigenvalue weighted by molar-refractivity contribution is 0.0480. The van der Waals surface area contributed by atoms with Crippen LogP contribution in [0.15, 0.2) is 0 Å². The monoisotopic (exact) mass is 258 g/mol. The van der Waals surface area contributed by atoms with Gasteiger partial charge in [-0.15, -0.1) is 0 Å². The Balaban J connectivity index is 2.53. The Kier molecular flexibility index (Phi) is 2.94. The zero-order valence-electron chi connectivity index (χ0n) is 5.63. The van der Waals surface area contributed by atoms with Gasteiger partial charge in [0.2, 0.25) is 0 Å². The van der Waals surface area contributed by atoms with Crippen LogP contribution in [0.2, 0.25) is 0 Å². The van der Waals surface area contributed by atoms with Gasteiger partial charge in [0, 0.05) is 4.43 Å². The number of aliphatic hydroxyl groups is 1. The molecule has 5 heteroatoms. The van der Waals surface area contributed by atoms with E-state index < -0.39 is 18.3 Å². The van der Waals surface area contributed by atoms with Crippen molar-refractivity contribution in [3.05, 3.63) is 0 Å². The van der Waals surface area contributed by atoms with E-state index in [4.69, 9.17) is 9.84 Å². The van der Waals surface area contributed by atoms with Crippen LogP contribution >= 0.6 is 22.6 Å². The number of aliphatic hydroxyl groups excluding tert-OH is 1. The first kappa shape index (κ1) is 8.74. The van der Waals surface area contributed by atoms with Gasteiger partial charge in [-0.25, -0.2) is 4.39 Å². The molecule has 0 bridgehead atoms. The van der Waals surface area contributed by atoms with Gasteiger partial charge < -0.3 is 9.84 Å². The molecule has 0 aromatic rings. The summed E-state index contributed by atoms with van der Waals surface area (Å²) < 4.78 is 18.5. The Labute approximate surface area is 73.7 Å². The molecule has 10 heavy (non-hydrogen) atoms. The lowest BCUT2D eigenvalue weighted by Gasteiger charge is -2.09. The fourth-order valence-electron chi connectivity index (χ4n) is 1.04. The number of ether oxygens (including phenoxy) is 1. The van der Waals surface area contributed by atoms with E-state index in [0.29, 0.717) is 4.43 Å². The van der Waals surface area contributed by atoms with Crippen LogP contribution < -0.4 is 0 Å². The standard InChI is InChI=1S/C5H9BFIO2/c6-5-3(7)4(9)2(1-8)10-5/h2-5,9H,1,6H2/t2-,3+,4?,5-/m1/s1. The van der Waals surface area contributed by atoms with E-state index in [2.05, 4.69) is 22.6 Å². The van der Waals surface area contributed by atoms with Gasteiger partial charge in [-0.05, 0) is 0 Å². The van der Waals surface area contributed by atoms with E-state index in [1.54, 1.807) is 7.85 Å². The largest absolute Gasteiger partial charge is 0.387 e. The number of rotatable bonds is 1. The lowest BCUT2D eigenvalue weighted by Crippen LogP contribution is -2.29. The summed E-state index contributed by atoms with van der Waals surface area (Å²) >= 11 is 2.07. The third-order valence-corrected chi connectivity index (χ3v) is 2.57. The highest BCUT2D eigenvalue weighted by molar-refractivity contribution is 14.1. The highest BCUT2D eigenvalue weighted by Crippen LogP contribution is 2.23. The van der Waals surface area contributed by atoms with Crippen molar-refractivity contribution in [1.82, 2.24) is 0 Å². The first-order chi connectivity index (χ1) is 4.66. The third kappa shape index (κ3) is 1.45. The van der Waals surface area contributed by atoms with E-state index in [9.17, 15) is 4.39 Å². The summed E-state index contributed by atoms with van der Waals surface area (Å²) in [7, 11) is 1.64. The number of hydrogen-bond donors (Lipinski definition) is 1. The summed E-state index contributed by atoms with van der Waals surface area (Å²) in [6, 6.07) is -0.449. The van der Waals surface area contributed by atoms with Gasteiger partial charge in [0.15, 0.2) is 0 Å². The molecule has 58 valence electrons. The Morgan fingerprint density at radius 3 is 2.50 bits per heavy atom. The Bertz CT molecular complexity index is 126. The van der Waals surface area contributed by atoms with Gasteiger partial charge >= 0.3 is 0 Å². The quantitative estimate of drug-likeness (QED) is 0.389. The molecule has 1 aliphatic rings. The number of hydrogen-bond acceptors (Lipinski definition) is 2. The van der Waals surface area contributed by atoms with Gasteiger partial charge in [0.05, 0.1) is 12.1 Å². The normalized spacial score (nSPS) is 47.9. The predicted molar refractivity (Wildman–Crippen MR) is 47.0 cm³/mol. The van der Waals surface area contributed by atoms with Gasteiger partial charge in [-0.2, -0.15) is 0 Å². The SMILES string of the molecule is B[C@@H]1O[C@H](CI)C(O)[C@@H]1F. The molecule has 1 rings (SSSR count). The topological polar surface area (TPSA) is 29.5 Å². The third-order valence-electron chi connectivity index (χ3n) is 1.70. The zero-order chi connectivity index (χ0) is 7.72. The van der Waals surface area contributed by atoms with Crippen molar-refractivity contribution in [2.75, 3.05) is 4.43 Å². The minimum absolute atomic E-state index is 0.314. The van der Waals surface area contributed by atoms with Crippen molar-refractivity contribution in [2.45, 2.75) is 24.4 Å². The first-order valence-electron chi connectivity index (χ1n) is 3.20. The van der Waals surface area contributed by atoms with Crippen LogP contribution in [0.3, 0.4) is 0 Å². The summed E-state index contributed by atoms with van der Waals surface area (Å²) in [4.78, 5) is 0. The molecule has 1 unspecified atom stereocenters. The molecule has 4 atom stereocenters. The molecule has 0 radical (unpaired) electrons. The van der Waals surface area contributed by atoms with Crippen molar-refractivity contribution in [3.63, 3.8) is 0 Å². The maximum atomic E-state index is 12.8. The minimum Gasteiger partial charge on any atom is -0.387 e.